The highest BCUT2D eigenvalue weighted by atomic mass is 16.4. The van der Waals surface area contributed by atoms with Crippen LogP contribution in [0.4, 0.5) is 0 Å². The maximum atomic E-state index is 11.6. The van der Waals surface area contributed by atoms with E-state index in [1.165, 1.54) is 0 Å². The van der Waals surface area contributed by atoms with Gasteiger partial charge >= 0.3 is 5.97 Å². The lowest BCUT2D eigenvalue weighted by atomic mass is 9.68. The second kappa shape index (κ2) is 5.23. The number of rotatable bonds is 2. The summed E-state index contributed by atoms with van der Waals surface area (Å²) in [5.74, 6) is -0.450. The molecule has 1 aromatic rings. The van der Waals surface area contributed by atoms with E-state index >= 15 is 0 Å². The quantitative estimate of drug-likeness (QED) is 0.899. The van der Waals surface area contributed by atoms with Crippen LogP contribution >= 0.6 is 0 Å². The molecule has 4 heteroatoms. The monoisotopic (exact) mass is 278 g/mol. The lowest BCUT2D eigenvalue weighted by molar-refractivity contribution is -0.145. The van der Waals surface area contributed by atoms with Crippen LogP contribution in [0.5, 0.6) is 0 Å². The largest absolute Gasteiger partial charge is 0.481 e. The summed E-state index contributed by atoms with van der Waals surface area (Å²) in [5, 5.41) is 14.1. The van der Waals surface area contributed by atoms with Gasteiger partial charge in [-0.3, -0.25) is 9.48 Å². The summed E-state index contributed by atoms with van der Waals surface area (Å²) >= 11 is 0. The molecule has 1 saturated carbocycles. The molecule has 3 unspecified atom stereocenters. The number of aliphatic carboxylic acids is 1. The molecule has 1 fully saturated rings. The first-order chi connectivity index (χ1) is 9.20. The maximum absolute atomic E-state index is 11.6. The minimum Gasteiger partial charge on any atom is -0.481 e. The van der Waals surface area contributed by atoms with Crippen LogP contribution < -0.4 is 0 Å². The summed E-state index contributed by atoms with van der Waals surface area (Å²) in [7, 11) is 0. The van der Waals surface area contributed by atoms with Crippen molar-refractivity contribution >= 4 is 5.97 Å². The lowest BCUT2D eigenvalue weighted by Gasteiger charge is -2.40. The third-order valence-electron chi connectivity index (χ3n) is 4.72. The fraction of sp³-hybridized carbons (Fsp3) is 0.750. The molecule has 1 N–H and O–H groups in total. The fourth-order valence-electron chi connectivity index (χ4n) is 3.47. The van der Waals surface area contributed by atoms with E-state index in [9.17, 15) is 9.90 Å². The zero-order valence-electron chi connectivity index (χ0n) is 13.2. The van der Waals surface area contributed by atoms with Crippen LogP contribution in [-0.4, -0.2) is 20.9 Å². The highest BCUT2D eigenvalue weighted by Crippen LogP contribution is 2.45. The van der Waals surface area contributed by atoms with Crippen LogP contribution in [0.2, 0.25) is 0 Å². The minimum atomic E-state index is -0.685. The zero-order chi connectivity index (χ0) is 15.1. The molecule has 3 atom stereocenters. The number of hydrogen-bond acceptors (Lipinski definition) is 2. The zero-order valence-corrected chi connectivity index (χ0v) is 13.2. The number of aromatic nitrogens is 2. The lowest BCUT2D eigenvalue weighted by Crippen LogP contribution is -2.37. The van der Waals surface area contributed by atoms with E-state index in [0.717, 1.165) is 30.7 Å². The van der Waals surface area contributed by atoms with Gasteiger partial charge in [-0.25, -0.2) is 0 Å². The van der Waals surface area contributed by atoms with Gasteiger partial charge in [-0.05, 0) is 50.5 Å². The van der Waals surface area contributed by atoms with Gasteiger partial charge in [0.05, 0.1) is 17.7 Å². The van der Waals surface area contributed by atoms with Gasteiger partial charge in [0.1, 0.15) is 0 Å². The third-order valence-corrected chi connectivity index (χ3v) is 4.72. The molecule has 0 saturated heterocycles. The second-order valence-corrected chi connectivity index (χ2v) is 7.26. The standard InChI is InChI=1S/C16H26N2O2/c1-10-8-11(2)18(17-10)14-9-12(16(3,4)5)6-7-13(14)15(19)20/h8,12-14H,6-7,9H2,1-5H3,(H,19,20). The highest BCUT2D eigenvalue weighted by molar-refractivity contribution is 5.70. The van der Waals surface area contributed by atoms with Crippen molar-refractivity contribution < 1.29 is 9.90 Å². The number of nitrogens with zero attached hydrogens (tertiary/aromatic N) is 2. The Morgan fingerprint density at radius 1 is 1.35 bits per heavy atom. The molecular formula is C16H26N2O2. The Kier molecular flexibility index (Phi) is 3.94. The van der Waals surface area contributed by atoms with Crippen molar-refractivity contribution in [3.8, 4) is 0 Å². The molecule has 1 aliphatic carbocycles. The van der Waals surface area contributed by atoms with E-state index < -0.39 is 5.97 Å². The van der Waals surface area contributed by atoms with Crippen LogP contribution in [-0.2, 0) is 4.79 Å². The third kappa shape index (κ3) is 2.89. The predicted molar refractivity (Wildman–Crippen MR) is 78.7 cm³/mol. The Morgan fingerprint density at radius 2 is 2.00 bits per heavy atom. The van der Waals surface area contributed by atoms with Crippen molar-refractivity contribution in [3.63, 3.8) is 0 Å². The molecule has 4 nitrogen and oxygen atoms in total. The normalized spacial score (nSPS) is 27.6. The first-order valence-electron chi connectivity index (χ1n) is 7.45. The summed E-state index contributed by atoms with van der Waals surface area (Å²) < 4.78 is 1.95. The molecule has 112 valence electrons. The molecule has 1 heterocycles. The minimum absolute atomic E-state index is 0.0147. The molecular weight excluding hydrogens is 252 g/mol. The summed E-state index contributed by atoms with van der Waals surface area (Å²) in [6, 6.07) is 2.01. The molecule has 0 spiro atoms. The molecule has 1 aliphatic rings. The molecule has 1 aromatic heterocycles. The van der Waals surface area contributed by atoms with Gasteiger partial charge in [-0.1, -0.05) is 20.8 Å². The van der Waals surface area contributed by atoms with Crippen molar-refractivity contribution in [3.05, 3.63) is 17.5 Å². The Balaban J connectivity index is 2.33. The summed E-state index contributed by atoms with van der Waals surface area (Å²) in [6.07, 6.45) is 2.65. The first kappa shape index (κ1) is 15.1. The SMILES string of the molecule is Cc1cc(C)n(C2CC(C(C)(C)C)CCC2C(=O)O)n1. The molecule has 0 bridgehead atoms. The van der Waals surface area contributed by atoms with Crippen LogP contribution in [0.3, 0.4) is 0 Å². The number of carboxylic acid groups (broad SMARTS) is 1. The van der Waals surface area contributed by atoms with Crippen molar-refractivity contribution in [1.29, 1.82) is 0 Å². The van der Waals surface area contributed by atoms with Gasteiger partial charge in [0.2, 0.25) is 0 Å². The number of carboxylic acids is 1. The molecule has 2 rings (SSSR count). The Hall–Kier alpha value is -1.32. The van der Waals surface area contributed by atoms with Gasteiger partial charge in [0, 0.05) is 5.69 Å². The first-order valence-corrected chi connectivity index (χ1v) is 7.45. The van der Waals surface area contributed by atoms with Crippen LogP contribution in [0.15, 0.2) is 6.07 Å². The average Bonchev–Trinajstić information content (AvgIpc) is 2.66. The Morgan fingerprint density at radius 3 is 2.45 bits per heavy atom. The number of hydrogen-bond donors (Lipinski definition) is 1. The van der Waals surface area contributed by atoms with E-state index in [2.05, 4.69) is 25.9 Å². The van der Waals surface area contributed by atoms with Crippen LogP contribution in [0, 0.1) is 31.1 Å². The second-order valence-electron chi connectivity index (χ2n) is 7.26. The van der Waals surface area contributed by atoms with Crippen LogP contribution in [0.25, 0.3) is 0 Å². The van der Waals surface area contributed by atoms with E-state index in [-0.39, 0.29) is 17.4 Å². The maximum Gasteiger partial charge on any atom is 0.308 e. The van der Waals surface area contributed by atoms with Crippen LogP contribution in [0.1, 0.15) is 57.5 Å². The van der Waals surface area contributed by atoms with Crippen molar-refractivity contribution in [2.75, 3.05) is 0 Å². The van der Waals surface area contributed by atoms with Crippen molar-refractivity contribution in [2.45, 2.75) is 59.9 Å². The number of carbonyl (C=O) groups is 1. The molecule has 0 radical (unpaired) electrons. The van der Waals surface area contributed by atoms with E-state index in [1.54, 1.807) is 0 Å². The van der Waals surface area contributed by atoms with Gasteiger partial charge in [0.25, 0.3) is 0 Å². The van der Waals surface area contributed by atoms with E-state index in [1.807, 2.05) is 24.6 Å². The van der Waals surface area contributed by atoms with Crippen molar-refractivity contribution in [2.24, 2.45) is 17.3 Å². The highest BCUT2D eigenvalue weighted by Gasteiger charge is 2.40. The van der Waals surface area contributed by atoms with Gasteiger partial charge in [-0.15, -0.1) is 0 Å². The van der Waals surface area contributed by atoms with E-state index in [0.29, 0.717) is 5.92 Å². The average molecular weight is 278 g/mol. The van der Waals surface area contributed by atoms with Gasteiger partial charge in [0.15, 0.2) is 0 Å². The topological polar surface area (TPSA) is 55.1 Å². The molecule has 0 aliphatic heterocycles. The van der Waals surface area contributed by atoms with E-state index in [4.69, 9.17) is 0 Å². The van der Waals surface area contributed by atoms with Gasteiger partial charge < -0.3 is 5.11 Å². The number of aryl methyl sites for hydroxylation is 2. The summed E-state index contributed by atoms with van der Waals surface area (Å²) in [6.45, 7) is 10.7. The molecule has 0 amide bonds. The van der Waals surface area contributed by atoms with Gasteiger partial charge in [-0.2, -0.15) is 5.10 Å². The summed E-state index contributed by atoms with van der Waals surface area (Å²) in [4.78, 5) is 11.6. The summed E-state index contributed by atoms with van der Waals surface area (Å²) in [5.41, 5.74) is 2.25. The Bertz CT molecular complexity index is 499. The van der Waals surface area contributed by atoms with Crippen molar-refractivity contribution in [1.82, 2.24) is 9.78 Å². The predicted octanol–water partition coefficient (Wildman–Crippen LogP) is 3.59. The fourth-order valence-corrected chi connectivity index (χ4v) is 3.47. The molecule has 20 heavy (non-hydrogen) atoms. The smallest absolute Gasteiger partial charge is 0.308 e. The molecule has 0 aromatic carbocycles. The Labute approximate surface area is 121 Å².